The van der Waals surface area contributed by atoms with Crippen molar-refractivity contribution in [1.29, 1.82) is 0 Å². The predicted molar refractivity (Wildman–Crippen MR) is 59.3 cm³/mol. The molecule has 0 aromatic rings. The van der Waals surface area contributed by atoms with Gasteiger partial charge in [0.05, 0.1) is 5.75 Å². The average Bonchev–Trinajstić information content (AvgIpc) is 2.18. The minimum Gasteiger partial charge on any atom is -0.355 e. The molecule has 1 N–H and O–H groups in total. The SMILES string of the molecule is CCN(CC)CCCNC(=O)CS. The van der Waals surface area contributed by atoms with E-state index in [2.05, 4.69) is 36.7 Å². The Morgan fingerprint density at radius 1 is 1.38 bits per heavy atom. The van der Waals surface area contributed by atoms with Crippen LogP contribution < -0.4 is 5.32 Å². The van der Waals surface area contributed by atoms with Crippen LogP contribution in [0.1, 0.15) is 20.3 Å². The van der Waals surface area contributed by atoms with Gasteiger partial charge in [-0.1, -0.05) is 13.8 Å². The summed E-state index contributed by atoms with van der Waals surface area (Å²) in [6.07, 6.45) is 1.02. The summed E-state index contributed by atoms with van der Waals surface area (Å²) in [6.45, 7) is 8.27. The Labute approximate surface area is 86.3 Å². The topological polar surface area (TPSA) is 32.3 Å². The van der Waals surface area contributed by atoms with Crippen molar-refractivity contribution in [2.24, 2.45) is 0 Å². The third-order valence-electron chi connectivity index (χ3n) is 2.01. The molecular formula is C9H20N2OS. The Morgan fingerprint density at radius 3 is 2.46 bits per heavy atom. The lowest BCUT2D eigenvalue weighted by Crippen LogP contribution is -2.30. The molecule has 0 aliphatic heterocycles. The number of carbonyl (C=O) groups is 1. The zero-order valence-corrected chi connectivity index (χ0v) is 9.44. The van der Waals surface area contributed by atoms with Gasteiger partial charge < -0.3 is 10.2 Å². The van der Waals surface area contributed by atoms with Crippen LogP contribution in [0, 0.1) is 0 Å². The van der Waals surface area contributed by atoms with Gasteiger partial charge in [0, 0.05) is 6.54 Å². The first kappa shape index (κ1) is 12.8. The van der Waals surface area contributed by atoms with Crippen LogP contribution in [0.5, 0.6) is 0 Å². The van der Waals surface area contributed by atoms with Gasteiger partial charge in [0.2, 0.25) is 5.91 Å². The molecule has 0 atom stereocenters. The van der Waals surface area contributed by atoms with Crippen molar-refractivity contribution in [3.63, 3.8) is 0 Å². The van der Waals surface area contributed by atoms with E-state index in [4.69, 9.17) is 0 Å². The molecule has 0 aromatic carbocycles. The minimum absolute atomic E-state index is 0.0166. The summed E-state index contributed by atoms with van der Waals surface area (Å²) >= 11 is 3.87. The minimum atomic E-state index is 0.0166. The van der Waals surface area contributed by atoms with Crippen LogP contribution in [0.15, 0.2) is 0 Å². The second-order valence-corrected chi connectivity index (χ2v) is 3.20. The Hall–Kier alpha value is -0.220. The second-order valence-electron chi connectivity index (χ2n) is 2.89. The highest BCUT2D eigenvalue weighted by molar-refractivity contribution is 7.81. The zero-order valence-electron chi connectivity index (χ0n) is 8.55. The van der Waals surface area contributed by atoms with Crippen LogP contribution in [0.3, 0.4) is 0 Å². The fourth-order valence-electron chi connectivity index (χ4n) is 1.13. The van der Waals surface area contributed by atoms with E-state index < -0.39 is 0 Å². The van der Waals surface area contributed by atoms with Crippen LogP contribution in [0.2, 0.25) is 0 Å². The number of nitrogens with zero attached hydrogens (tertiary/aromatic N) is 1. The number of hydrogen-bond donors (Lipinski definition) is 2. The van der Waals surface area contributed by atoms with Crippen LogP contribution in [-0.4, -0.2) is 42.7 Å². The fourth-order valence-corrected chi connectivity index (χ4v) is 1.24. The van der Waals surface area contributed by atoms with E-state index in [9.17, 15) is 4.79 Å². The summed E-state index contributed by atoms with van der Waals surface area (Å²) < 4.78 is 0. The second kappa shape index (κ2) is 8.38. The molecule has 13 heavy (non-hydrogen) atoms. The maximum absolute atomic E-state index is 10.8. The molecule has 3 nitrogen and oxygen atoms in total. The fraction of sp³-hybridized carbons (Fsp3) is 0.889. The van der Waals surface area contributed by atoms with E-state index in [1.807, 2.05) is 0 Å². The predicted octanol–water partition coefficient (Wildman–Crippen LogP) is 0.764. The van der Waals surface area contributed by atoms with Crippen molar-refractivity contribution in [3.8, 4) is 0 Å². The highest BCUT2D eigenvalue weighted by Gasteiger charge is 1.99. The average molecular weight is 204 g/mol. The van der Waals surface area contributed by atoms with E-state index in [1.54, 1.807) is 0 Å². The summed E-state index contributed by atoms with van der Waals surface area (Å²) in [7, 11) is 0. The van der Waals surface area contributed by atoms with Crippen LogP contribution in [-0.2, 0) is 4.79 Å². The number of carbonyl (C=O) groups excluding carboxylic acids is 1. The lowest BCUT2D eigenvalue weighted by Gasteiger charge is -2.17. The van der Waals surface area contributed by atoms with Crippen LogP contribution in [0.25, 0.3) is 0 Å². The molecule has 1 amide bonds. The van der Waals surface area contributed by atoms with Gasteiger partial charge in [0.25, 0.3) is 0 Å². The number of rotatable bonds is 7. The summed E-state index contributed by atoms with van der Waals surface area (Å²) in [6, 6.07) is 0. The molecule has 0 spiro atoms. The first-order valence-corrected chi connectivity index (χ1v) is 5.47. The normalized spacial score (nSPS) is 10.5. The molecule has 4 heteroatoms. The lowest BCUT2D eigenvalue weighted by molar-refractivity contribution is -0.118. The van der Waals surface area contributed by atoms with Gasteiger partial charge in [0.15, 0.2) is 0 Å². The van der Waals surface area contributed by atoms with Crippen molar-refractivity contribution in [1.82, 2.24) is 10.2 Å². The third kappa shape index (κ3) is 6.90. The van der Waals surface area contributed by atoms with Crippen molar-refractivity contribution < 1.29 is 4.79 Å². The van der Waals surface area contributed by atoms with E-state index in [0.29, 0.717) is 0 Å². The van der Waals surface area contributed by atoms with Gasteiger partial charge in [-0.3, -0.25) is 4.79 Å². The summed E-state index contributed by atoms with van der Waals surface area (Å²) in [5, 5.41) is 2.79. The molecule has 0 saturated heterocycles. The van der Waals surface area contributed by atoms with Crippen molar-refractivity contribution in [3.05, 3.63) is 0 Å². The molecule has 0 radical (unpaired) electrons. The maximum Gasteiger partial charge on any atom is 0.229 e. The Morgan fingerprint density at radius 2 is 2.00 bits per heavy atom. The van der Waals surface area contributed by atoms with E-state index in [0.717, 1.165) is 32.6 Å². The first-order valence-electron chi connectivity index (χ1n) is 4.84. The quantitative estimate of drug-likeness (QED) is 0.474. The molecule has 0 aliphatic rings. The van der Waals surface area contributed by atoms with E-state index >= 15 is 0 Å². The molecule has 78 valence electrons. The number of amides is 1. The highest BCUT2D eigenvalue weighted by atomic mass is 32.1. The van der Waals surface area contributed by atoms with Gasteiger partial charge >= 0.3 is 0 Å². The third-order valence-corrected chi connectivity index (χ3v) is 2.30. The molecule has 0 heterocycles. The largest absolute Gasteiger partial charge is 0.355 e. The molecule has 0 aliphatic carbocycles. The number of thiol groups is 1. The highest BCUT2D eigenvalue weighted by Crippen LogP contribution is 1.89. The van der Waals surface area contributed by atoms with Crippen LogP contribution >= 0.6 is 12.6 Å². The van der Waals surface area contributed by atoms with E-state index in [1.165, 1.54) is 0 Å². The van der Waals surface area contributed by atoms with Gasteiger partial charge in [-0.15, -0.1) is 0 Å². The smallest absolute Gasteiger partial charge is 0.229 e. The first-order chi connectivity index (χ1) is 6.24. The molecule has 0 aromatic heterocycles. The Balaban J connectivity index is 3.28. The Bertz CT molecular complexity index is 138. The molecule has 0 fully saturated rings. The molecule has 0 unspecified atom stereocenters. The Kier molecular flexibility index (Phi) is 8.24. The molecule has 0 bridgehead atoms. The van der Waals surface area contributed by atoms with Crippen molar-refractivity contribution in [2.45, 2.75) is 20.3 Å². The summed E-state index contributed by atoms with van der Waals surface area (Å²) in [5.41, 5.74) is 0. The maximum atomic E-state index is 10.8. The molecule has 0 rings (SSSR count). The lowest BCUT2D eigenvalue weighted by atomic mass is 10.3. The van der Waals surface area contributed by atoms with E-state index in [-0.39, 0.29) is 11.7 Å². The molecule has 0 saturated carbocycles. The van der Waals surface area contributed by atoms with Gasteiger partial charge in [-0.2, -0.15) is 12.6 Å². The number of nitrogens with one attached hydrogen (secondary N) is 1. The summed E-state index contributed by atoms with van der Waals surface area (Å²) in [5.74, 6) is 0.300. The van der Waals surface area contributed by atoms with Gasteiger partial charge in [0.1, 0.15) is 0 Å². The standard InChI is InChI=1S/C9H20N2OS/c1-3-11(4-2)7-5-6-10-9(12)8-13/h13H,3-8H2,1-2H3,(H,10,12). The van der Waals surface area contributed by atoms with Gasteiger partial charge in [-0.25, -0.2) is 0 Å². The zero-order chi connectivity index (χ0) is 10.1. The monoisotopic (exact) mass is 204 g/mol. The van der Waals surface area contributed by atoms with Crippen LogP contribution in [0.4, 0.5) is 0 Å². The van der Waals surface area contributed by atoms with Gasteiger partial charge in [-0.05, 0) is 26.1 Å². The number of hydrogen-bond acceptors (Lipinski definition) is 3. The summed E-state index contributed by atoms with van der Waals surface area (Å²) in [4.78, 5) is 13.1. The van der Waals surface area contributed by atoms with Crippen molar-refractivity contribution >= 4 is 18.5 Å². The molecular weight excluding hydrogens is 184 g/mol. The van der Waals surface area contributed by atoms with Crippen molar-refractivity contribution in [2.75, 3.05) is 31.9 Å².